The zero-order valence-corrected chi connectivity index (χ0v) is 9.19. The van der Waals surface area contributed by atoms with Crippen LogP contribution in [0.15, 0.2) is 42.7 Å². The van der Waals surface area contributed by atoms with E-state index in [0.717, 1.165) is 5.56 Å². The topological polar surface area (TPSA) is 42.4 Å². The van der Waals surface area contributed by atoms with Crippen LogP contribution in [0.2, 0.25) is 5.02 Å². The van der Waals surface area contributed by atoms with Gasteiger partial charge in [0, 0.05) is 6.20 Å². The van der Waals surface area contributed by atoms with E-state index < -0.39 is 0 Å². The minimum absolute atomic E-state index is 0.0638. The smallest absolute Gasteiger partial charge is 0.138 e. The Morgan fingerprint density at radius 2 is 2.19 bits per heavy atom. The molecular formula is C12H10ClNO2. The van der Waals surface area contributed by atoms with Crippen LogP contribution in [0.25, 0.3) is 0 Å². The van der Waals surface area contributed by atoms with Crippen LogP contribution < -0.4 is 4.74 Å². The van der Waals surface area contributed by atoms with Gasteiger partial charge in [0.25, 0.3) is 0 Å². The van der Waals surface area contributed by atoms with E-state index in [1.165, 1.54) is 0 Å². The van der Waals surface area contributed by atoms with E-state index in [-0.39, 0.29) is 5.75 Å². The van der Waals surface area contributed by atoms with Crippen LogP contribution in [0.4, 0.5) is 0 Å². The van der Waals surface area contributed by atoms with Crippen LogP contribution in [0.1, 0.15) is 5.56 Å². The number of rotatable bonds is 3. The van der Waals surface area contributed by atoms with Gasteiger partial charge >= 0.3 is 0 Å². The van der Waals surface area contributed by atoms with Crippen LogP contribution in [0, 0.1) is 0 Å². The Kier molecular flexibility index (Phi) is 3.27. The minimum Gasteiger partial charge on any atom is -0.506 e. The number of pyridine rings is 1. The summed E-state index contributed by atoms with van der Waals surface area (Å²) >= 11 is 5.70. The average Bonchev–Trinajstić information content (AvgIpc) is 2.32. The second-order valence-corrected chi connectivity index (χ2v) is 3.67. The quantitative estimate of drug-likeness (QED) is 0.889. The van der Waals surface area contributed by atoms with Crippen molar-refractivity contribution in [1.82, 2.24) is 4.98 Å². The summed E-state index contributed by atoms with van der Waals surface area (Å²) in [4.78, 5) is 3.93. The fraction of sp³-hybridized carbons (Fsp3) is 0.0833. The Morgan fingerprint density at radius 1 is 1.31 bits per heavy atom. The molecule has 1 N–H and O–H groups in total. The molecule has 0 fully saturated rings. The second kappa shape index (κ2) is 4.86. The van der Waals surface area contributed by atoms with E-state index in [9.17, 15) is 5.11 Å². The summed E-state index contributed by atoms with van der Waals surface area (Å²) in [5, 5.41) is 9.74. The lowest BCUT2D eigenvalue weighted by atomic mass is 10.2. The van der Waals surface area contributed by atoms with Crippen LogP contribution in [0.3, 0.4) is 0 Å². The molecule has 0 aliphatic heterocycles. The summed E-state index contributed by atoms with van der Waals surface area (Å²) in [5.74, 6) is 0.755. The number of ether oxygens (including phenoxy) is 1. The molecule has 2 rings (SSSR count). The monoisotopic (exact) mass is 235 g/mol. The molecule has 16 heavy (non-hydrogen) atoms. The lowest BCUT2D eigenvalue weighted by Gasteiger charge is -2.06. The summed E-state index contributed by atoms with van der Waals surface area (Å²) in [6.07, 6.45) is 3.32. The molecule has 2 aromatic rings. The van der Waals surface area contributed by atoms with Crippen molar-refractivity contribution in [2.45, 2.75) is 6.61 Å². The minimum atomic E-state index is 0.0638. The van der Waals surface area contributed by atoms with Gasteiger partial charge in [-0.25, -0.2) is 0 Å². The van der Waals surface area contributed by atoms with E-state index in [0.29, 0.717) is 17.4 Å². The molecule has 3 nitrogen and oxygen atoms in total. The SMILES string of the molecule is Oc1cc(COc2cccnc2)ccc1Cl. The van der Waals surface area contributed by atoms with Gasteiger partial charge in [-0.15, -0.1) is 0 Å². The van der Waals surface area contributed by atoms with Gasteiger partial charge in [-0.2, -0.15) is 0 Å². The maximum Gasteiger partial charge on any atom is 0.138 e. The molecule has 0 aliphatic rings. The zero-order chi connectivity index (χ0) is 11.4. The van der Waals surface area contributed by atoms with Gasteiger partial charge in [-0.3, -0.25) is 4.98 Å². The van der Waals surface area contributed by atoms with Crippen LogP contribution in [0.5, 0.6) is 11.5 Å². The Morgan fingerprint density at radius 3 is 2.88 bits per heavy atom. The molecule has 82 valence electrons. The number of aromatic hydroxyl groups is 1. The Labute approximate surface area is 98.3 Å². The summed E-state index contributed by atoms with van der Waals surface area (Å²) in [5.41, 5.74) is 0.853. The van der Waals surface area contributed by atoms with Gasteiger partial charge in [-0.05, 0) is 29.8 Å². The first kappa shape index (κ1) is 10.8. The van der Waals surface area contributed by atoms with Crippen LogP contribution >= 0.6 is 11.6 Å². The first-order chi connectivity index (χ1) is 7.75. The third-order valence-electron chi connectivity index (χ3n) is 2.05. The Hall–Kier alpha value is -1.74. The number of nitrogens with zero attached hydrogens (tertiary/aromatic N) is 1. The molecule has 0 amide bonds. The molecule has 0 aliphatic carbocycles. The van der Waals surface area contributed by atoms with Gasteiger partial charge in [0.2, 0.25) is 0 Å². The zero-order valence-electron chi connectivity index (χ0n) is 8.43. The highest BCUT2D eigenvalue weighted by Crippen LogP contribution is 2.24. The molecule has 0 atom stereocenters. The van der Waals surface area contributed by atoms with Crippen molar-refractivity contribution in [3.05, 3.63) is 53.3 Å². The van der Waals surface area contributed by atoms with Crippen molar-refractivity contribution < 1.29 is 9.84 Å². The molecule has 1 aromatic carbocycles. The number of hydrogen-bond donors (Lipinski definition) is 1. The van der Waals surface area contributed by atoms with E-state index >= 15 is 0 Å². The van der Waals surface area contributed by atoms with Gasteiger partial charge in [0.05, 0.1) is 11.2 Å². The number of phenolic OH excluding ortho intramolecular Hbond substituents is 1. The molecule has 1 aromatic heterocycles. The van der Waals surface area contributed by atoms with Crippen molar-refractivity contribution >= 4 is 11.6 Å². The third kappa shape index (κ3) is 2.64. The molecule has 0 unspecified atom stereocenters. The van der Waals surface area contributed by atoms with Gasteiger partial charge in [-0.1, -0.05) is 17.7 Å². The highest BCUT2D eigenvalue weighted by Gasteiger charge is 2.00. The maximum atomic E-state index is 9.40. The molecule has 0 radical (unpaired) electrons. The Bertz CT molecular complexity index is 474. The van der Waals surface area contributed by atoms with E-state index in [1.807, 2.05) is 6.07 Å². The van der Waals surface area contributed by atoms with Gasteiger partial charge in [0.15, 0.2) is 0 Å². The fourth-order valence-electron chi connectivity index (χ4n) is 1.25. The largest absolute Gasteiger partial charge is 0.506 e. The highest BCUT2D eigenvalue weighted by atomic mass is 35.5. The number of benzene rings is 1. The van der Waals surface area contributed by atoms with Crippen molar-refractivity contribution in [2.75, 3.05) is 0 Å². The van der Waals surface area contributed by atoms with Crippen molar-refractivity contribution in [2.24, 2.45) is 0 Å². The van der Waals surface area contributed by atoms with Crippen molar-refractivity contribution in [3.8, 4) is 11.5 Å². The maximum absolute atomic E-state index is 9.40. The molecule has 0 saturated heterocycles. The summed E-state index contributed by atoms with van der Waals surface area (Å²) in [7, 11) is 0. The number of hydrogen-bond acceptors (Lipinski definition) is 3. The normalized spacial score (nSPS) is 10.1. The van der Waals surface area contributed by atoms with Crippen molar-refractivity contribution in [3.63, 3.8) is 0 Å². The summed E-state index contributed by atoms with van der Waals surface area (Å²) in [6, 6.07) is 8.65. The molecule has 4 heteroatoms. The van der Waals surface area contributed by atoms with E-state index in [2.05, 4.69) is 4.98 Å². The predicted molar refractivity (Wildman–Crippen MR) is 61.7 cm³/mol. The predicted octanol–water partition coefficient (Wildman–Crippen LogP) is 3.02. The summed E-state index contributed by atoms with van der Waals surface area (Å²) in [6.45, 7) is 0.371. The lowest BCUT2D eigenvalue weighted by Crippen LogP contribution is -1.95. The molecule has 1 heterocycles. The van der Waals surface area contributed by atoms with E-state index in [4.69, 9.17) is 16.3 Å². The third-order valence-corrected chi connectivity index (χ3v) is 2.37. The van der Waals surface area contributed by atoms with E-state index in [1.54, 1.807) is 36.7 Å². The lowest BCUT2D eigenvalue weighted by molar-refractivity contribution is 0.304. The molecule has 0 bridgehead atoms. The van der Waals surface area contributed by atoms with Crippen LogP contribution in [-0.2, 0) is 6.61 Å². The van der Waals surface area contributed by atoms with Gasteiger partial charge < -0.3 is 9.84 Å². The van der Waals surface area contributed by atoms with Gasteiger partial charge in [0.1, 0.15) is 18.1 Å². The van der Waals surface area contributed by atoms with Crippen LogP contribution in [-0.4, -0.2) is 10.1 Å². The second-order valence-electron chi connectivity index (χ2n) is 3.26. The standard InChI is InChI=1S/C12H10ClNO2/c13-11-4-3-9(6-12(11)15)8-16-10-2-1-5-14-7-10/h1-7,15H,8H2. The summed E-state index contributed by atoms with van der Waals surface area (Å²) < 4.78 is 5.47. The highest BCUT2D eigenvalue weighted by molar-refractivity contribution is 6.31. The molecule has 0 spiro atoms. The molecular weight excluding hydrogens is 226 g/mol. The average molecular weight is 236 g/mol. The number of aromatic nitrogens is 1. The fourth-order valence-corrected chi connectivity index (χ4v) is 1.36. The van der Waals surface area contributed by atoms with Crippen molar-refractivity contribution in [1.29, 1.82) is 0 Å². The number of phenols is 1. The number of halogens is 1. The Balaban J connectivity index is 2.03. The first-order valence-corrected chi connectivity index (χ1v) is 5.14. The molecule has 0 saturated carbocycles. The first-order valence-electron chi connectivity index (χ1n) is 4.76.